The van der Waals surface area contributed by atoms with Crippen molar-refractivity contribution in [2.45, 2.75) is 12.8 Å². The van der Waals surface area contributed by atoms with E-state index in [4.69, 9.17) is 4.74 Å². The average Bonchev–Trinajstić information content (AvgIpc) is 2.35. The van der Waals surface area contributed by atoms with Crippen LogP contribution in [0.15, 0.2) is 34.8 Å². The predicted molar refractivity (Wildman–Crippen MR) is 72.6 cm³/mol. The Morgan fingerprint density at radius 2 is 2.12 bits per heavy atom. The first-order valence-corrected chi connectivity index (χ1v) is 6.24. The standard InChI is InChI=1S/C14H13BrO2/c1-17-14-7-4-10-9-11(15)5-6-12(10)13(14)3-2-8-16/h4-9H,2-3H2,1H3. The first kappa shape index (κ1) is 12.1. The molecule has 2 aromatic rings. The molecule has 0 saturated carbocycles. The van der Waals surface area contributed by atoms with Gasteiger partial charge in [-0.25, -0.2) is 0 Å². The minimum absolute atomic E-state index is 0.519. The number of rotatable bonds is 4. The molecular weight excluding hydrogens is 280 g/mol. The summed E-state index contributed by atoms with van der Waals surface area (Å²) in [7, 11) is 1.66. The summed E-state index contributed by atoms with van der Waals surface area (Å²) in [5, 5.41) is 2.30. The fraction of sp³-hybridized carbons (Fsp3) is 0.214. The topological polar surface area (TPSA) is 26.3 Å². The number of benzene rings is 2. The smallest absolute Gasteiger partial charge is 0.122 e. The van der Waals surface area contributed by atoms with Crippen molar-refractivity contribution in [3.8, 4) is 5.75 Å². The van der Waals surface area contributed by atoms with E-state index in [0.29, 0.717) is 12.8 Å². The molecule has 0 amide bonds. The maximum atomic E-state index is 10.5. The van der Waals surface area contributed by atoms with Gasteiger partial charge in [-0.15, -0.1) is 0 Å². The second-order valence-electron chi connectivity index (χ2n) is 3.82. The molecule has 0 aliphatic carbocycles. The highest BCUT2D eigenvalue weighted by Gasteiger charge is 2.08. The van der Waals surface area contributed by atoms with Crippen LogP contribution in [-0.2, 0) is 11.2 Å². The van der Waals surface area contributed by atoms with Crippen LogP contribution in [-0.4, -0.2) is 13.4 Å². The van der Waals surface area contributed by atoms with Crippen LogP contribution >= 0.6 is 15.9 Å². The first-order valence-electron chi connectivity index (χ1n) is 5.45. The third-order valence-corrected chi connectivity index (χ3v) is 3.28. The van der Waals surface area contributed by atoms with Gasteiger partial charge in [0.15, 0.2) is 0 Å². The molecule has 0 bridgehead atoms. The third-order valence-electron chi connectivity index (χ3n) is 2.78. The van der Waals surface area contributed by atoms with Crippen LogP contribution in [0.4, 0.5) is 0 Å². The average molecular weight is 293 g/mol. The number of ether oxygens (including phenoxy) is 1. The van der Waals surface area contributed by atoms with Crippen molar-refractivity contribution in [3.63, 3.8) is 0 Å². The molecule has 88 valence electrons. The van der Waals surface area contributed by atoms with E-state index in [-0.39, 0.29) is 0 Å². The zero-order valence-electron chi connectivity index (χ0n) is 9.57. The number of methoxy groups -OCH3 is 1. The Morgan fingerprint density at radius 3 is 2.82 bits per heavy atom. The molecule has 17 heavy (non-hydrogen) atoms. The lowest BCUT2D eigenvalue weighted by atomic mass is 10.00. The lowest BCUT2D eigenvalue weighted by molar-refractivity contribution is -0.107. The summed E-state index contributed by atoms with van der Waals surface area (Å²) in [5.74, 6) is 0.849. The van der Waals surface area contributed by atoms with Gasteiger partial charge < -0.3 is 9.53 Å². The van der Waals surface area contributed by atoms with E-state index in [2.05, 4.69) is 28.1 Å². The molecule has 2 nitrogen and oxygen atoms in total. The number of carbonyl (C=O) groups is 1. The Bertz CT molecular complexity index is 549. The number of hydrogen-bond donors (Lipinski definition) is 0. The monoisotopic (exact) mass is 292 g/mol. The number of halogens is 1. The number of carbonyl (C=O) groups excluding carboxylic acids is 1. The third kappa shape index (κ3) is 2.50. The van der Waals surface area contributed by atoms with Gasteiger partial charge in [-0.2, -0.15) is 0 Å². The molecule has 2 rings (SSSR count). The fourth-order valence-electron chi connectivity index (χ4n) is 2.00. The largest absolute Gasteiger partial charge is 0.496 e. The molecule has 0 aromatic heterocycles. The van der Waals surface area contributed by atoms with Crippen LogP contribution < -0.4 is 4.74 Å². The van der Waals surface area contributed by atoms with Gasteiger partial charge in [0.1, 0.15) is 12.0 Å². The van der Waals surface area contributed by atoms with Crippen molar-refractivity contribution in [2.75, 3.05) is 7.11 Å². The van der Waals surface area contributed by atoms with Gasteiger partial charge in [-0.1, -0.05) is 28.1 Å². The predicted octanol–water partition coefficient (Wildman–Crippen LogP) is 3.74. The molecule has 2 aromatic carbocycles. The number of aldehydes is 1. The molecular formula is C14H13BrO2. The highest BCUT2D eigenvalue weighted by Crippen LogP contribution is 2.30. The van der Waals surface area contributed by atoms with Gasteiger partial charge >= 0.3 is 0 Å². The van der Waals surface area contributed by atoms with Crippen molar-refractivity contribution in [3.05, 3.63) is 40.4 Å². The molecule has 0 spiro atoms. The summed E-state index contributed by atoms with van der Waals surface area (Å²) >= 11 is 3.46. The SMILES string of the molecule is COc1ccc2cc(Br)ccc2c1CCC=O. The molecule has 0 aliphatic rings. The van der Waals surface area contributed by atoms with Crippen LogP contribution in [0.1, 0.15) is 12.0 Å². The first-order chi connectivity index (χ1) is 8.26. The summed E-state index contributed by atoms with van der Waals surface area (Å²) < 4.78 is 6.41. The Labute approximate surface area is 109 Å². The second-order valence-corrected chi connectivity index (χ2v) is 4.73. The van der Waals surface area contributed by atoms with E-state index >= 15 is 0 Å². The zero-order chi connectivity index (χ0) is 12.3. The molecule has 0 radical (unpaired) electrons. The molecule has 0 N–H and O–H groups in total. The van der Waals surface area contributed by atoms with Crippen molar-refractivity contribution >= 4 is 33.0 Å². The molecule has 3 heteroatoms. The Balaban J connectivity index is 2.60. The number of hydrogen-bond acceptors (Lipinski definition) is 2. The van der Waals surface area contributed by atoms with Crippen LogP contribution in [0.25, 0.3) is 10.8 Å². The van der Waals surface area contributed by atoms with E-state index in [1.807, 2.05) is 18.2 Å². The summed E-state index contributed by atoms with van der Waals surface area (Å²) in [6.07, 6.45) is 2.17. The van der Waals surface area contributed by atoms with Gasteiger partial charge in [-0.3, -0.25) is 0 Å². The Morgan fingerprint density at radius 1 is 1.29 bits per heavy atom. The van der Waals surface area contributed by atoms with E-state index < -0.39 is 0 Å². The second kappa shape index (κ2) is 5.32. The molecule has 0 unspecified atom stereocenters. The van der Waals surface area contributed by atoms with Crippen molar-refractivity contribution in [2.24, 2.45) is 0 Å². The molecule has 0 aliphatic heterocycles. The highest BCUT2D eigenvalue weighted by atomic mass is 79.9. The van der Waals surface area contributed by atoms with E-state index in [1.165, 1.54) is 0 Å². The molecule has 0 atom stereocenters. The van der Waals surface area contributed by atoms with Gasteiger partial charge in [0.2, 0.25) is 0 Å². The lowest BCUT2D eigenvalue weighted by Gasteiger charge is -2.11. The van der Waals surface area contributed by atoms with Gasteiger partial charge in [0.25, 0.3) is 0 Å². The molecule has 0 heterocycles. The van der Waals surface area contributed by atoms with Crippen molar-refractivity contribution < 1.29 is 9.53 Å². The summed E-state index contributed by atoms with van der Waals surface area (Å²) in [6.45, 7) is 0. The van der Waals surface area contributed by atoms with Crippen molar-refractivity contribution in [1.82, 2.24) is 0 Å². The lowest BCUT2D eigenvalue weighted by Crippen LogP contribution is -1.94. The minimum Gasteiger partial charge on any atom is -0.496 e. The summed E-state index contributed by atoms with van der Waals surface area (Å²) in [4.78, 5) is 10.5. The minimum atomic E-state index is 0.519. The fourth-order valence-corrected chi connectivity index (χ4v) is 2.38. The highest BCUT2D eigenvalue weighted by molar-refractivity contribution is 9.10. The van der Waals surface area contributed by atoms with Crippen LogP contribution in [0, 0.1) is 0 Å². The Hall–Kier alpha value is -1.35. The quantitative estimate of drug-likeness (QED) is 0.803. The molecule has 0 fully saturated rings. The van der Waals surface area contributed by atoms with Crippen LogP contribution in [0.5, 0.6) is 5.75 Å². The van der Waals surface area contributed by atoms with Gasteiger partial charge in [-0.05, 0) is 35.4 Å². The molecule has 0 saturated heterocycles. The Kier molecular flexibility index (Phi) is 3.79. The number of fused-ring (bicyclic) bond motifs is 1. The van der Waals surface area contributed by atoms with Crippen LogP contribution in [0.3, 0.4) is 0 Å². The zero-order valence-corrected chi connectivity index (χ0v) is 11.2. The summed E-state index contributed by atoms with van der Waals surface area (Å²) in [5.41, 5.74) is 1.10. The normalized spacial score (nSPS) is 10.5. The van der Waals surface area contributed by atoms with Gasteiger partial charge in [0.05, 0.1) is 7.11 Å². The van der Waals surface area contributed by atoms with Crippen LogP contribution in [0.2, 0.25) is 0 Å². The van der Waals surface area contributed by atoms with Crippen molar-refractivity contribution in [1.29, 1.82) is 0 Å². The van der Waals surface area contributed by atoms with E-state index in [0.717, 1.165) is 32.8 Å². The van der Waals surface area contributed by atoms with E-state index in [9.17, 15) is 4.79 Å². The summed E-state index contributed by atoms with van der Waals surface area (Å²) in [6, 6.07) is 10.1. The van der Waals surface area contributed by atoms with E-state index in [1.54, 1.807) is 7.11 Å². The maximum absolute atomic E-state index is 10.5. The number of aryl methyl sites for hydroxylation is 1. The van der Waals surface area contributed by atoms with Gasteiger partial charge in [0, 0.05) is 16.5 Å². The maximum Gasteiger partial charge on any atom is 0.122 e.